The van der Waals surface area contributed by atoms with Crippen molar-refractivity contribution in [2.45, 2.75) is 26.0 Å². The van der Waals surface area contributed by atoms with Gasteiger partial charge in [-0.25, -0.2) is 0 Å². The molecule has 1 aromatic rings. The zero-order chi connectivity index (χ0) is 15.8. The van der Waals surface area contributed by atoms with E-state index < -0.39 is 6.10 Å². The molecular weight excluding hydrogens is 280 g/mol. The van der Waals surface area contributed by atoms with Crippen LogP contribution in [0.25, 0.3) is 0 Å². The van der Waals surface area contributed by atoms with E-state index in [1.807, 2.05) is 37.3 Å². The third kappa shape index (κ3) is 5.40. The monoisotopic (exact) mass is 306 g/mol. The van der Waals surface area contributed by atoms with E-state index in [9.17, 15) is 9.90 Å². The number of morpholine rings is 1. The fourth-order valence-corrected chi connectivity index (χ4v) is 2.49. The smallest absolute Gasteiger partial charge is 0.237 e. The lowest BCUT2D eigenvalue weighted by Gasteiger charge is -2.30. The number of ether oxygens (including phenoxy) is 1. The Morgan fingerprint density at radius 3 is 2.64 bits per heavy atom. The van der Waals surface area contributed by atoms with Crippen molar-refractivity contribution in [1.29, 1.82) is 0 Å². The largest absolute Gasteiger partial charge is 0.391 e. The molecule has 122 valence electrons. The van der Waals surface area contributed by atoms with Crippen LogP contribution < -0.4 is 0 Å². The summed E-state index contributed by atoms with van der Waals surface area (Å²) in [6.45, 7) is 6.20. The summed E-state index contributed by atoms with van der Waals surface area (Å²) in [6.07, 6.45) is 0.174. The van der Waals surface area contributed by atoms with Gasteiger partial charge >= 0.3 is 0 Å². The number of rotatable bonds is 7. The van der Waals surface area contributed by atoms with Crippen molar-refractivity contribution in [3.63, 3.8) is 0 Å². The predicted octanol–water partition coefficient (Wildman–Crippen LogP) is 1.12. The number of aliphatic hydroxyl groups is 1. The summed E-state index contributed by atoms with van der Waals surface area (Å²) in [6, 6.07) is 9.91. The SMILES string of the molecule is CCC(O)CN(Cc1ccccc1)C(=O)CN1CCOCC1. The summed E-state index contributed by atoms with van der Waals surface area (Å²) in [4.78, 5) is 16.5. The average Bonchev–Trinajstić information content (AvgIpc) is 2.56. The lowest BCUT2D eigenvalue weighted by atomic mass is 10.2. The summed E-state index contributed by atoms with van der Waals surface area (Å²) in [5.74, 6) is 0.0678. The van der Waals surface area contributed by atoms with E-state index >= 15 is 0 Å². The number of nitrogens with zero attached hydrogens (tertiary/aromatic N) is 2. The van der Waals surface area contributed by atoms with E-state index in [1.165, 1.54) is 0 Å². The molecule has 0 aliphatic carbocycles. The van der Waals surface area contributed by atoms with Gasteiger partial charge in [0.15, 0.2) is 0 Å². The van der Waals surface area contributed by atoms with E-state index in [2.05, 4.69) is 4.90 Å². The third-order valence-corrected chi connectivity index (χ3v) is 3.93. The second-order valence-electron chi connectivity index (χ2n) is 5.71. The van der Waals surface area contributed by atoms with Gasteiger partial charge in [0.05, 0.1) is 25.9 Å². The second kappa shape index (κ2) is 8.88. The Labute approximate surface area is 132 Å². The summed E-state index contributed by atoms with van der Waals surface area (Å²) in [5.41, 5.74) is 1.08. The minimum atomic E-state index is -0.475. The molecule has 1 N–H and O–H groups in total. The van der Waals surface area contributed by atoms with Crippen LogP contribution in [0.1, 0.15) is 18.9 Å². The highest BCUT2D eigenvalue weighted by molar-refractivity contribution is 5.78. The molecule has 22 heavy (non-hydrogen) atoms. The van der Waals surface area contributed by atoms with Crippen LogP contribution in [0.4, 0.5) is 0 Å². The lowest BCUT2D eigenvalue weighted by molar-refractivity contribution is -0.135. The van der Waals surface area contributed by atoms with Gasteiger partial charge in [-0.15, -0.1) is 0 Å². The summed E-state index contributed by atoms with van der Waals surface area (Å²) < 4.78 is 5.31. The molecule has 1 amide bonds. The molecule has 1 fully saturated rings. The van der Waals surface area contributed by atoms with Crippen molar-refractivity contribution in [2.24, 2.45) is 0 Å². The number of carbonyl (C=O) groups excluding carboxylic acids is 1. The maximum Gasteiger partial charge on any atom is 0.237 e. The number of hydrogen-bond donors (Lipinski definition) is 1. The van der Waals surface area contributed by atoms with Crippen molar-refractivity contribution < 1.29 is 14.6 Å². The quantitative estimate of drug-likeness (QED) is 0.820. The van der Waals surface area contributed by atoms with E-state index in [1.54, 1.807) is 4.90 Å². The molecule has 0 bridgehead atoms. The molecule has 1 aromatic carbocycles. The van der Waals surface area contributed by atoms with Crippen molar-refractivity contribution in [1.82, 2.24) is 9.80 Å². The molecular formula is C17H26N2O3. The first-order valence-corrected chi connectivity index (χ1v) is 7.99. The minimum Gasteiger partial charge on any atom is -0.391 e. The predicted molar refractivity (Wildman–Crippen MR) is 85.4 cm³/mol. The van der Waals surface area contributed by atoms with Crippen LogP contribution in [0.15, 0.2) is 30.3 Å². The number of carbonyl (C=O) groups is 1. The van der Waals surface area contributed by atoms with E-state index in [-0.39, 0.29) is 5.91 Å². The summed E-state index contributed by atoms with van der Waals surface area (Å²) in [5, 5.41) is 9.93. The number of aliphatic hydroxyl groups excluding tert-OH is 1. The zero-order valence-corrected chi connectivity index (χ0v) is 13.3. The Morgan fingerprint density at radius 2 is 2.00 bits per heavy atom. The van der Waals surface area contributed by atoms with E-state index in [4.69, 9.17) is 4.74 Å². The minimum absolute atomic E-state index is 0.0678. The molecule has 0 spiro atoms. The Hall–Kier alpha value is -1.43. The maximum atomic E-state index is 12.6. The van der Waals surface area contributed by atoms with Crippen molar-refractivity contribution >= 4 is 5.91 Å². The van der Waals surface area contributed by atoms with Crippen LogP contribution in [0.5, 0.6) is 0 Å². The maximum absolute atomic E-state index is 12.6. The highest BCUT2D eigenvalue weighted by Gasteiger charge is 2.21. The van der Waals surface area contributed by atoms with Gasteiger partial charge in [0.25, 0.3) is 0 Å². The highest BCUT2D eigenvalue weighted by atomic mass is 16.5. The molecule has 1 aliphatic rings. The van der Waals surface area contributed by atoms with Crippen LogP contribution in [-0.2, 0) is 16.1 Å². The Bertz CT molecular complexity index is 446. The first-order valence-electron chi connectivity index (χ1n) is 7.99. The zero-order valence-electron chi connectivity index (χ0n) is 13.3. The van der Waals surface area contributed by atoms with Crippen molar-refractivity contribution in [3.05, 3.63) is 35.9 Å². The number of benzene rings is 1. The van der Waals surface area contributed by atoms with Gasteiger partial charge in [0, 0.05) is 26.2 Å². The lowest BCUT2D eigenvalue weighted by Crippen LogP contribution is -2.46. The molecule has 5 nitrogen and oxygen atoms in total. The topological polar surface area (TPSA) is 53.0 Å². The Kier molecular flexibility index (Phi) is 6.83. The van der Waals surface area contributed by atoms with E-state index in [0.717, 1.165) is 18.7 Å². The van der Waals surface area contributed by atoms with Crippen LogP contribution >= 0.6 is 0 Å². The van der Waals surface area contributed by atoms with Crippen LogP contribution in [-0.4, -0.2) is 66.3 Å². The number of hydrogen-bond acceptors (Lipinski definition) is 4. The van der Waals surface area contributed by atoms with Gasteiger partial charge < -0.3 is 14.7 Å². The normalized spacial score (nSPS) is 17.2. The van der Waals surface area contributed by atoms with Crippen LogP contribution in [0.3, 0.4) is 0 Å². The molecule has 1 aliphatic heterocycles. The molecule has 0 aromatic heterocycles. The highest BCUT2D eigenvalue weighted by Crippen LogP contribution is 2.08. The second-order valence-corrected chi connectivity index (χ2v) is 5.71. The first-order chi connectivity index (χ1) is 10.7. The summed E-state index contributed by atoms with van der Waals surface area (Å²) >= 11 is 0. The standard InChI is InChI=1S/C17H26N2O3/c1-2-16(20)13-19(12-15-6-4-3-5-7-15)17(21)14-18-8-10-22-11-9-18/h3-7,16,20H,2,8-14H2,1H3. The van der Waals surface area contributed by atoms with Crippen molar-refractivity contribution in [3.8, 4) is 0 Å². The van der Waals surface area contributed by atoms with Gasteiger partial charge in [-0.05, 0) is 12.0 Å². The Balaban J connectivity index is 1.97. The molecule has 0 saturated carbocycles. The van der Waals surface area contributed by atoms with E-state index in [0.29, 0.717) is 39.3 Å². The molecule has 1 heterocycles. The third-order valence-electron chi connectivity index (χ3n) is 3.93. The Morgan fingerprint density at radius 1 is 1.32 bits per heavy atom. The molecule has 0 radical (unpaired) electrons. The molecule has 5 heteroatoms. The van der Waals surface area contributed by atoms with Gasteiger partial charge in [0.2, 0.25) is 5.91 Å². The van der Waals surface area contributed by atoms with Gasteiger partial charge in [-0.3, -0.25) is 9.69 Å². The van der Waals surface area contributed by atoms with Gasteiger partial charge in [-0.2, -0.15) is 0 Å². The van der Waals surface area contributed by atoms with Crippen molar-refractivity contribution in [2.75, 3.05) is 39.4 Å². The molecule has 1 atom stereocenters. The van der Waals surface area contributed by atoms with Gasteiger partial charge in [0.1, 0.15) is 0 Å². The average molecular weight is 306 g/mol. The molecule has 2 rings (SSSR count). The number of amides is 1. The van der Waals surface area contributed by atoms with Crippen LogP contribution in [0.2, 0.25) is 0 Å². The molecule has 1 unspecified atom stereocenters. The molecule has 1 saturated heterocycles. The fourth-order valence-electron chi connectivity index (χ4n) is 2.49. The summed E-state index contributed by atoms with van der Waals surface area (Å²) in [7, 11) is 0. The fraction of sp³-hybridized carbons (Fsp3) is 0.588. The first kappa shape index (κ1) is 16.9. The van der Waals surface area contributed by atoms with Gasteiger partial charge in [-0.1, -0.05) is 37.3 Å². The van der Waals surface area contributed by atoms with Crippen LogP contribution in [0, 0.1) is 0 Å².